The van der Waals surface area contributed by atoms with Crippen molar-refractivity contribution < 1.29 is 14.6 Å². The number of para-hydroxylation sites is 1. The van der Waals surface area contributed by atoms with Crippen molar-refractivity contribution in [1.82, 2.24) is 9.47 Å². The van der Waals surface area contributed by atoms with Crippen molar-refractivity contribution in [2.45, 2.75) is 58.3 Å². The molecule has 1 aliphatic heterocycles. The predicted molar refractivity (Wildman–Crippen MR) is 101 cm³/mol. The van der Waals surface area contributed by atoms with Gasteiger partial charge in [-0.05, 0) is 51.2 Å². The van der Waals surface area contributed by atoms with Crippen molar-refractivity contribution >= 4 is 17.0 Å². The summed E-state index contributed by atoms with van der Waals surface area (Å²) < 4.78 is 7.77. The van der Waals surface area contributed by atoms with Crippen molar-refractivity contribution in [1.29, 1.82) is 0 Å². The van der Waals surface area contributed by atoms with Gasteiger partial charge >= 0.3 is 6.09 Å². The number of likely N-dealkylation sites (tertiary alicyclic amines) is 1. The van der Waals surface area contributed by atoms with Crippen LogP contribution < -0.4 is 0 Å². The maximum atomic E-state index is 12.2. The summed E-state index contributed by atoms with van der Waals surface area (Å²) in [5.41, 5.74) is 3.04. The predicted octanol–water partition coefficient (Wildman–Crippen LogP) is 3.88. The molecule has 2 heterocycles. The van der Waals surface area contributed by atoms with Crippen molar-refractivity contribution in [2.75, 3.05) is 13.1 Å². The molecule has 0 atom stereocenters. The minimum absolute atomic E-state index is 0.0650. The summed E-state index contributed by atoms with van der Waals surface area (Å²) in [5.74, 6) is 1.06. The van der Waals surface area contributed by atoms with Gasteiger partial charge < -0.3 is 19.3 Å². The van der Waals surface area contributed by atoms with Gasteiger partial charge in [0.25, 0.3) is 0 Å². The second-order valence-corrected chi connectivity index (χ2v) is 8.72. The summed E-state index contributed by atoms with van der Waals surface area (Å²) >= 11 is 0. The van der Waals surface area contributed by atoms with Crippen molar-refractivity contribution in [3.63, 3.8) is 0 Å². The fraction of sp³-hybridized carbons (Fsp3) is 0.571. The van der Waals surface area contributed by atoms with Gasteiger partial charge in [0.2, 0.25) is 0 Å². The van der Waals surface area contributed by atoms with E-state index in [-0.39, 0.29) is 12.7 Å². The first kappa shape index (κ1) is 17.4. The summed E-state index contributed by atoms with van der Waals surface area (Å²) in [6, 6.07) is 8.47. The molecule has 1 N–H and O–H groups in total. The van der Waals surface area contributed by atoms with E-state index in [0.29, 0.717) is 19.0 Å². The molecule has 0 bridgehead atoms. The molecule has 5 nitrogen and oxygen atoms in total. The highest BCUT2D eigenvalue weighted by Crippen LogP contribution is 2.37. The standard InChI is InChI=1S/C21H28N2O3/c1-21(2,3)26-20(25)22-11-16(12-22)18-6-4-5-15-9-17(13-24)23(19(15)18)10-14-7-8-14/h4-6,9,14,16,24H,7-8,10-13H2,1-3H3. The van der Waals surface area contributed by atoms with E-state index in [9.17, 15) is 9.90 Å². The molecule has 1 aromatic carbocycles. The zero-order chi connectivity index (χ0) is 18.5. The van der Waals surface area contributed by atoms with Crippen molar-refractivity contribution in [3.8, 4) is 0 Å². The van der Waals surface area contributed by atoms with Crippen LogP contribution in [-0.4, -0.2) is 39.4 Å². The van der Waals surface area contributed by atoms with E-state index in [4.69, 9.17) is 4.74 Å². The minimum Gasteiger partial charge on any atom is -0.444 e. The Bertz CT molecular complexity index is 824. The van der Waals surface area contributed by atoms with Crippen LogP contribution in [0.15, 0.2) is 24.3 Å². The highest BCUT2D eigenvalue weighted by atomic mass is 16.6. The van der Waals surface area contributed by atoms with Crippen LogP contribution in [0.25, 0.3) is 10.9 Å². The van der Waals surface area contributed by atoms with Crippen LogP contribution in [0.4, 0.5) is 4.79 Å². The van der Waals surface area contributed by atoms with Gasteiger partial charge in [-0.1, -0.05) is 18.2 Å². The van der Waals surface area contributed by atoms with E-state index in [0.717, 1.165) is 18.2 Å². The number of aliphatic hydroxyl groups excluding tert-OH is 1. The molecule has 2 aliphatic rings. The second kappa shape index (κ2) is 6.31. The molecule has 0 radical (unpaired) electrons. The molecule has 1 saturated carbocycles. The topological polar surface area (TPSA) is 54.7 Å². The largest absolute Gasteiger partial charge is 0.444 e. The molecule has 2 fully saturated rings. The summed E-state index contributed by atoms with van der Waals surface area (Å²) in [6.07, 6.45) is 2.33. The lowest BCUT2D eigenvalue weighted by Gasteiger charge is -2.40. The molecule has 1 aromatic heterocycles. The van der Waals surface area contributed by atoms with E-state index >= 15 is 0 Å². The first-order chi connectivity index (χ1) is 12.4. The molecule has 4 rings (SSSR count). The number of amides is 1. The summed E-state index contributed by atoms with van der Waals surface area (Å²) in [4.78, 5) is 14.0. The quantitative estimate of drug-likeness (QED) is 0.904. The normalized spacial score (nSPS) is 18.2. The van der Waals surface area contributed by atoms with Crippen LogP contribution in [0.3, 0.4) is 0 Å². The Morgan fingerprint density at radius 3 is 2.62 bits per heavy atom. The number of aliphatic hydroxyl groups is 1. The zero-order valence-electron chi connectivity index (χ0n) is 15.9. The van der Waals surface area contributed by atoms with Gasteiger partial charge in [-0.25, -0.2) is 4.79 Å². The van der Waals surface area contributed by atoms with Gasteiger partial charge in [0.1, 0.15) is 5.60 Å². The Hall–Kier alpha value is -2.01. The number of hydrogen-bond donors (Lipinski definition) is 1. The van der Waals surface area contributed by atoms with Crippen molar-refractivity contribution in [2.24, 2.45) is 5.92 Å². The van der Waals surface area contributed by atoms with Gasteiger partial charge in [0, 0.05) is 36.6 Å². The Labute approximate surface area is 154 Å². The minimum atomic E-state index is -0.461. The number of nitrogens with zero attached hydrogens (tertiary/aromatic N) is 2. The van der Waals surface area contributed by atoms with Crippen LogP contribution in [0.1, 0.15) is 50.8 Å². The number of carbonyl (C=O) groups is 1. The number of fused-ring (bicyclic) bond motifs is 1. The highest BCUT2D eigenvalue weighted by Gasteiger charge is 2.36. The number of ether oxygens (including phenoxy) is 1. The van der Waals surface area contributed by atoms with Gasteiger partial charge in [-0.2, -0.15) is 0 Å². The van der Waals surface area contributed by atoms with Gasteiger partial charge in [0.15, 0.2) is 0 Å². The highest BCUT2D eigenvalue weighted by molar-refractivity contribution is 5.85. The van der Waals surface area contributed by atoms with E-state index in [1.807, 2.05) is 20.8 Å². The third kappa shape index (κ3) is 3.32. The fourth-order valence-corrected chi connectivity index (χ4v) is 3.79. The average molecular weight is 356 g/mol. The molecule has 1 amide bonds. The lowest BCUT2D eigenvalue weighted by molar-refractivity contribution is 0.00827. The van der Waals surface area contributed by atoms with Crippen molar-refractivity contribution in [3.05, 3.63) is 35.5 Å². The zero-order valence-corrected chi connectivity index (χ0v) is 15.9. The molecule has 0 spiro atoms. The van der Waals surface area contributed by atoms with Crippen LogP contribution in [0, 0.1) is 5.92 Å². The lowest BCUT2D eigenvalue weighted by Crippen LogP contribution is -2.50. The first-order valence-electron chi connectivity index (χ1n) is 9.55. The third-order valence-electron chi connectivity index (χ3n) is 5.31. The van der Waals surface area contributed by atoms with Gasteiger partial charge in [-0.15, -0.1) is 0 Å². The Balaban J connectivity index is 1.58. The Morgan fingerprint density at radius 2 is 2.00 bits per heavy atom. The Morgan fingerprint density at radius 1 is 1.27 bits per heavy atom. The maximum Gasteiger partial charge on any atom is 0.410 e. The van der Waals surface area contributed by atoms with Crippen LogP contribution in [-0.2, 0) is 17.9 Å². The smallest absolute Gasteiger partial charge is 0.410 e. The lowest BCUT2D eigenvalue weighted by atomic mass is 9.90. The summed E-state index contributed by atoms with van der Waals surface area (Å²) in [7, 11) is 0. The molecular formula is C21H28N2O3. The van der Waals surface area contributed by atoms with E-state index in [1.165, 1.54) is 29.3 Å². The Kier molecular flexibility index (Phi) is 4.22. The van der Waals surface area contributed by atoms with E-state index in [1.54, 1.807) is 4.90 Å². The monoisotopic (exact) mass is 356 g/mol. The summed E-state index contributed by atoms with van der Waals surface area (Å²) in [6.45, 7) is 8.11. The molecule has 0 unspecified atom stereocenters. The van der Waals surface area contributed by atoms with Gasteiger partial charge in [0.05, 0.1) is 12.1 Å². The van der Waals surface area contributed by atoms with E-state index in [2.05, 4.69) is 28.8 Å². The average Bonchev–Trinajstić information content (AvgIpc) is 3.24. The van der Waals surface area contributed by atoms with Crippen LogP contribution >= 0.6 is 0 Å². The van der Waals surface area contributed by atoms with Crippen LogP contribution in [0.5, 0.6) is 0 Å². The molecular weight excluding hydrogens is 328 g/mol. The number of hydrogen-bond acceptors (Lipinski definition) is 3. The first-order valence-corrected chi connectivity index (χ1v) is 9.55. The summed E-state index contributed by atoms with van der Waals surface area (Å²) in [5, 5.41) is 11.0. The number of carbonyl (C=O) groups excluding carboxylic acids is 1. The molecule has 5 heteroatoms. The molecule has 1 saturated heterocycles. The molecule has 26 heavy (non-hydrogen) atoms. The number of benzene rings is 1. The fourth-order valence-electron chi connectivity index (χ4n) is 3.79. The van der Waals surface area contributed by atoms with E-state index < -0.39 is 5.60 Å². The molecule has 1 aliphatic carbocycles. The third-order valence-corrected chi connectivity index (χ3v) is 5.31. The molecule has 140 valence electrons. The van der Waals surface area contributed by atoms with Gasteiger partial charge in [-0.3, -0.25) is 0 Å². The van der Waals surface area contributed by atoms with Crippen LogP contribution in [0.2, 0.25) is 0 Å². The SMILES string of the molecule is CC(C)(C)OC(=O)N1CC(c2cccc3cc(CO)n(CC4CC4)c23)C1. The number of aromatic nitrogens is 1. The molecule has 2 aromatic rings. The second-order valence-electron chi connectivity index (χ2n) is 8.72. The number of rotatable bonds is 4. The maximum absolute atomic E-state index is 12.2.